The number of rotatable bonds is 8. The number of hydrogen-bond acceptors (Lipinski definition) is 8. The number of anilines is 1. The van der Waals surface area contributed by atoms with Crippen LogP contribution < -0.4 is 15.6 Å². The van der Waals surface area contributed by atoms with E-state index in [1.807, 2.05) is 48.5 Å². The fraction of sp³-hybridized carbons (Fsp3) is 0.308. The molecule has 1 aliphatic rings. The molecule has 3 aromatic heterocycles. The lowest BCUT2D eigenvalue weighted by Gasteiger charge is -2.26. The number of ether oxygens (including phenoxy) is 2. The molecule has 1 aliphatic heterocycles. The third-order valence-corrected chi connectivity index (χ3v) is 6.04. The highest BCUT2D eigenvalue weighted by Gasteiger charge is 2.15. The predicted molar refractivity (Wildman–Crippen MR) is 135 cm³/mol. The summed E-state index contributed by atoms with van der Waals surface area (Å²) >= 11 is 0. The minimum atomic E-state index is -0.194. The van der Waals surface area contributed by atoms with Crippen LogP contribution in [0.2, 0.25) is 0 Å². The highest BCUT2D eigenvalue weighted by molar-refractivity contribution is 5.76. The first-order valence-corrected chi connectivity index (χ1v) is 11.7. The van der Waals surface area contributed by atoms with Crippen LogP contribution in [-0.2, 0) is 11.3 Å². The number of fused-ring (bicyclic) bond motifs is 1. The molecular weight excluding hydrogens is 444 g/mol. The van der Waals surface area contributed by atoms with Gasteiger partial charge in [-0.15, -0.1) is 0 Å². The standard InChI is InChI=1S/C26H28N6O3/c1-34-23-10-7-20(17-28-23)21-8-9-22-25(30-21)32(18-19-5-3-2-4-6-19)26(33)24(29-22)27-11-12-31-13-15-35-16-14-31/h2-10,17H,11-16,18H2,1H3,(H,27,29). The van der Waals surface area contributed by atoms with Gasteiger partial charge in [-0.1, -0.05) is 30.3 Å². The number of hydrogen-bond donors (Lipinski definition) is 1. The molecule has 0 aliphatic carbocycles. The number of benzene rings is 1. The third kappa shape index (κ3) is 5.31. The summed E-state index contributed by atoms with van der Waals surface area (Å²) in [7, 11) is 1.58. The predicted octanol–water partition coefficient (Wildman–Crippen LogP) is 2.65. The van der Waals surface area contributed by atoms with Crippen LogP contribution in [0.3, 0.4) is 0 Å². The average Bonchev–Trinajstić information content (AvgIpc) is 2.92. The van der Waals surface area contributed by atoms with E-state index in [0.29, 0.717) is 41.6 Å². The van der Waals surface area contributed by atoms with Crippen LogP contribution in [0.5, 0.6) is 5.88 Å². The van der Waals surface area contributed by atoms with Gasteiger partial charge in [0.25, 0.3) is 5.56 Å². The molecule has 0 saturated carbocycles. The molecule has 1 aromatic carbocycles. The van der Waals surface area contributed by atoms with Gasteiger partial charge in [0.2, 0.25) is 5.88 Å². The van der Waals surface area contributed by atoms with Crippen LogP contribution in [0, 0.1) is 0 Å². The molecule has 0 unspecified atom stereocenters. The van der Waals surface area contributed by atoms with Crippen LogP contribution in [0.15, 0.2) is 65.6 Å². The zero-order chi connectivity index (χ0) is 24.0. The number of methoxy groups -OCH3 is 1. The van der Waals surface area contributed by atoms with Crippen molar-refractivity contribution in [3.05, 3.63) is 76.7 Å². The molecular formula is C26H28N6O3. The van der Waals surface area contributed by atoms with Crippen molar-refractivity contribution in [2.24, 2.45) is 0 Å². The van der Waals surface area contributed by atoms with Gasteiger partial charge in [0.05, 0.1) is 32.6 Å². The van der Waals surface area contributed by atoms with Gasteiger partial charge >= 0.3 is 0 Å². The van der Waals surface area contributed by atoms with Crippen LogP contribution in [0.4, 0.5) is 5.82 Å². The topological polar surface area (TPSA) is 94.4 Å². The highest BCUT2D eigenvalue weighted by atomic mass is 16.5. The van der Waals surface area contributed by atoms with E-state index in [4.69, 9.17) is 14.5 Å². The Balaban J connectivity index is 1.49. The van der Waals surface area contributed by atoms with Crippen molar-refractivity contribution in [2.75, 3.05) is 51.8 Å². The van der Waals surface area contributed by atoms with E-state index in [1.54, 1.807) is 23.9 Å². The normalized spacial score (nSPS) is 14.2. The fourth-order valence-corrected chi connectivity index (χ4v) is 4.12. The van der Waals surface area contributed by atoms with Crippen molar-refractivity contribution in [3.8, 4) is 17.1 Å². The van der Waals surface area contributed by atoms with Gasteiger partial charge < -0.3 is 14.8 Å². The molecule has 0 spiro atoms. The van der Waals surface area contributed by atoms with E-state index in [-0.39, 0.29) is 5.56 Å². The van der Waals surface area contributed by atoms with Crippen molar-refractivity contribution in [1.82, 2.24) is 24.4 Å². The molecule has 0 bridgehead atoms. The largest absolute Gasteiger partial charge is 0.481 e. The first-order chi connectivity index (χ1) is 17.2. The number of nitrogens with zero attached hydrogens (tertiary/aromatic N) is 5. The highest BCUT2D eigenvalue weighted by Crippen LogP contribution is 2.22. The summed E-state index contributed by atoms with van der Waals surface area (Å²) in [4.78, 5) is 29.6. The minimum absolute atomic E-state index is 0.194. The molecule has 4 aromatic rings. The Morgan fingerprint density at radius 2 is 1.86 bits per heavy atom. The van der Waals surface area contributed by atoms with Crippen molar-refractivity contribution < 1.29 is 9.47 Å². The first-order valence-electron chi connectivity index (χ1n) is 11.7. The van der Waals surface area contributed by atoms with E-state index >= 15 is 0 Å². The van der Waals surface area contributed by atoms with Gasteiger partial charge in [-0.05, 0) is 23.8 Å². The van der Waals surface area contributed by atoms with E-state index in [9.17, 15) is 4.79 Å². The van der Waals surface area contributed by atoms with Gasteiger partial charge in [-0.2, -0.15) is 0 Å². The Morgan fingerprint density at radius 3 is 2.60 bits per heavy atom. The molecule has 0 radical (unpaired) electrons. The lowest BCUT2D eigenvalue weighted by atomic mass is 10.2. The molecule has 0 amide bonds. The maximum atomic E-state index is 13.5. The average molecular weight is 473 g/mol. The Bertz CT molecular complexity index is 1340. The van der Waals surface area contributed by atoms with E-state index in [2.05, 4.69) is 20.2 Å². The monoisotopic (exact) mass is 472 g/mol. The summed E-state index contributed by atoms with van der Waals surface area (Å²) in [5.41, 5.74) is 3.55. The molecule has 1 fully saturated rings. The third-order valence-electron chi connectivity index (χ3n) is 6.04. The van der Waals surface area contributed by atoms with Crippen molar-refractivity contribution in [3.63, 3.8) is 0 Å². The zero-order valence-corrected chi connectivity index (χ0v) is 19.7. The van der Waals surface area contributed by atoms with Gasteiger partial charge in [0, 0.05) is 44.0 Å². The summed E-state index contributed by atoms with van der Waals surface area (Å²) < 4.78 is 12.3. The molecule has 0 atom stereocenters. The molecule has 9 heteroatoms. The first kappa shape index (κ1) is 22.9. The summed E-state index contributed by atoms with van der Waals surface area (Å²) in [6.07, 6.45) is 1.71. The number of morpholine rings is 1. The molecule has 180 valence electrons. The number of pyridine rings is 2. The van der Waals surface area contributed by atoms with Gasteiger partial charge in [-0.3, -0.25) is 14.3 Å². The molecule has 1 N–H and O–H groups in total. The second kappa shape index (κ2) is 10.6. The summed E-state index contributed by atoms with van der Waals surface area (Å²) in [5, 5.41) is 3.26. The maximum absolute atomic E-state index is 13.5. The van der Waals surface area contributed by atoms with Crippen LogP contribution in [0.1, 0.15) is 5.56 Å². The summed E-state index contributed by atoms with van der Waals surface area (Å²) in [5.74, 6) is 0.868. The van der Waals surface area contributed by atoms with E-state index in [1.165, 1.54) is 0 Å². The lowest BCUT2D eigenvalue weighted by molar-refractivity contribution is 0.0398. The van der Waals surface area contributed by atoms with Gasteiger partial charge in [-0.25, -0.2) is 15.0 Å². The molecule has 1 saturated heterocycles. The Hall–Kier alpha value is -3.82. The van der Waals surface area contributed by atoms with E-state index < -0.39 is 0 Å². The molecule has 35 heavy (non-hydrogen) atoms. The maximum Gasteiger partial charge on any atom is 0.295 e. The van der Waals surface area contributed by atoms with E-state index in [0.717, 1.165) is 44.0 Å². The SMILES string of the molecule is COc1ccc(-c2ccc3nc(NCCN4CCOCC4)c(=O)n(Cc4ccccc4)c3n2)cn1. The Morgan fingerprint density at radius 1 is 1.03 bits per heavy atom. The second-order valence-corrected chi connectivity index (χ2v) is 8.35. The molecule has 4 heterocycles. The van der Waals surface area contributed by atoms with Gasteiger partial charge in [0.1, 0.15) is 5.52 Å². The second-order valence-electron chi connectivity index (χ2n) is 8.35. The van der Waals surface area contributed by atoms with Crippen molar-refractivity contribution in [1.29, 1.82) is 0 Å². The quantitative estimate of drug-likeness (QED) is 0.418. The fourth-order valence-electron chi connectivity index (χ4n) is 4.12. The zero-order valence-electron chi connectivity index (χ0n) is 19.7. The number of nitrogens with one attached hydrogen (secondary N) is 1. The minimum Gasteiger partial charge on any atom is -0.481 e. The lowest BCUT2D eigenvalue weighted by Crippen LogP contribution is -2.39. The van der Waals surface area contributed by atoms with Crippen molar-refractivity contribution in [2.45, 2.75) is 6.54 Å². The van der Waals surface area contributed by atoms with Crippen LogP contribution >= 0.6 is 0 Å². The number of aromatic nitrogens is 4. The van der Waals surface area contributed by atoms with Gasteiger partial charge in [0.15, 0.2) is 11.5 Å². The van der Waals surface area contributed by atoms with Crippen LogP contribution in [0.25, 0.3) is 22.4 Å². The smallest absolute Gasteiger partial charge is 0.295 e. The van der Waals surface area contributed by atoms with Crippen LogP contribution in [-0.4, -0.2) is 70.9 Å². The molecule has 5 rings (SSSR count). The summed E-state index contributed by atoms with van der Waals surface area (Å²) in [6, 6.07) is 17.4. The Labute approximate surface area is 203 Å². The van der Waals surface area contributed by atoms with Crippen molar-refractivity contribution >= 4 is 17.0 Å². The summed E-state index contributed by atoms with van der Waals surface area (Å²) in [6.45, 7) is 5.14. The molecule has 9 nitrogen and oxygen atoms in total. The Kier molecular flexibility index (Phi) is 6.97.